The lowest BCUT2D eigenvalue weighted by molar-refractivity contribution is -0.137. The molecule has 1 atom stereocenters. The number of thiazole rings is 1. The molecular weight excluding hydrogens is 348 g/mol. The number of fused-ring (bicyclic) bond motifs is 1. The number of nitrogens with one attached hydrogen (secondary N) is 1. The highest BCUT2D eigenvalue weighted by molar-refractivity contribution is 7.15. The van der Waals surface area contributed by atoms with E-state index in [0.29, 0.717) is 35.9 Å². The minimum absolute atomic E-state index is 0.00585. The van der Waals surface area contributed by atoms with Crippen molar-refractivity contribution < 1.29 is 9.90 Å². The first kappa shape index (κ1) is 18.0. The molecule has 4 N–H and O–H groups in total. The van der Waals surface area contributed by atoms with E-state index in [1.807, 2.05) is 42.5 Å². The molecule has 0 radical (unpaired) electrons. The van der Waals surface area contributed by atoms with Crippen molar-refractivity contribution >= 4 is 40.1 Å². The molecule has 6 nitrogen and oxygen atoms in total. The molecule has 1 heterocycles. The van der Waals surface area contributed by atoms with Crippen molar-refractivity contribution in [2.24, 2.45) is 16.6 Å². The normalized spacial score (nSPS) is 16.3. The molecule has 1 aliphatic rings. The molecular formula is C19H20N4O2S. The summed E-state index contributed by atoms with van der Waals surface area (Å²) < 4.78 is 0. The number of carboxylic acids is 1. The summed E-state index contributed by atoms with van der Waals surface area (Å²) in [6.07, 6.45) is 5.38. The van der Waals surface area contributed by atoms with Gasteiger partial charge in [-0.25, -0.2) is 9.98 Å². The first-order valence-corrected chi connectivity index (χ1v) is 9.14. The Morgan fingerprint density at radius 1 is 1.38 bits per heavy atom. The predicted molar refractivity (Wildman–Crippen MR) is 104 cm³/mol. The summed E-state index contributed by atoms with van der Waals surface area (Å²) in [5.41, 5.74) is 8.40. The van der Waals surface area contributed by atoms with E-state index >= 15 is 0 Å². The summed E-state index contributed by atoms with van der Waals surface area (Å²) in [5, 5.41) is 17.6. The average molecular weight is 368 g/mol. The topological polar surface area (TPSA) is 112 Å². The van der Waals surface area contributed by atoms with Gasteiger partial charge in [-0.05, 0) is 24.0 Å². The Morgan fingerprint density at radius 2 is 2.15 bits per heavy atom. The number of carboxylic acid groups (broad SMARTS) is 1. The standard InChI is InChI=1S/C19H20N4O2S/c20-14(8-12-4-2-1-3-5-12)11-17(21)23-19-22-15-7-6-13(10-18(24)25)9-16(15)26-19/h1-7,13,20H,8-11H2,(H,24,25)(H2,21,22,23). The molecule has 0 spiro atoms. The van der Waals surface area contributed by atoms with Crippen molar-refractivity contribution in [1.82, 2.24) is 4.98 Å². The Balaban J connectivity index is 1.62. The van der Waals surface area contributed by atoms with Crippen molar-refractivity contribution in [3.63, 3.8) is 0 Å². The number of nitrogens with two attached hydrogens (primary N) is 1. The van der Waals surface area contributed by atoms with Gasteiger partial charge < -0.3 is 16.2 Å². The lowest BCUT2D eigenvalue weighted by atomic mass is 9.95. The number of amidine groups is 1. The zero-order chi connectivity index (χ0) is 18.5. The number of aromatic nitrogens is 1. The van der Waals surface area contributed by atoms with Crippen molar-refractivity contribution in [2.75, 3.05) is 0 Å². The van der Waals surface area contributed by atoms with Crippen LogP contribution in [0.1, 0.15) is 29.0 Å². The van der Waals surface area contributed by atoms with Crippen LogP contribution < -0.4 is 5.73 Å². The maximum Gasteiger partial charge on any atom is 0.303 e. The van der Waals surface area contributed by atoms with Crippen molar-refractivity contribution in [1.29, 1.82) is 5.41 Å². The van der Waals surface area contributed by atoms with E-state index in [2.05, 4.69) is 9.98 Å². The molecule has 1 aromatic carbocycles. The summed E-state index contributed by atoms with van der Waals surface area (Å²) in [6.45, 7) is 0. The number of allylic oxidation sites excluding steroid dienone is 1. The fourth-order valence-electron chi connectivity index (χ4n) is 2.86. The van der Waals surface area contributed by atoms with Crippen LogP contribution in [-0.4, -0.2) is 27.6 Å². The van der Waals surface area contributed by atoms with E-state index in [9.17, 15) is 4.79 Å². The molecule has 0 amide bonds. The highest BCUT2D eigenvalue weighted by Crippen LogP contribution is 2.33. The zero-order valence-electron chi connectivity index (χ0n) is 14.2. The minimum Gasteiger partial charge on any atom is -0.481 e. The SMILES string of the molecule is N=C(CC(N)=Nc1nc2c(s1)CC(CC(=O)O)C=C2)Cc1ccccc1. The van der Waals surface area contributed by atoms with E-state index in [4.69, 9.17) is 16.2 Å². The van der Waals surface area contributed by atoms with Gasteiger partial charge in [0, 0.05) is 23.4 Å². The summed E-state index contributed by atoms with van der Waals surface area (Å²) in [5.74, 6) is -0.441. The predicted octanol–water partition coefficient (Wildman–Crippen LogP) is 3.44. The Labute approximate surface area is 155 Å². The van der Waals surface area contributed by atoms with Gasteiger partial charge >= 0.3 is 5.97 Å². The molecule has 1 aromatic heterocycles. The van der Waals surface area contributed by atoms with Gasteiger partial charge in [-0.15, -0.1) is 0 Å². The molecule has 0 bridgehead atoms. The second-order valence-electron chi connectivity index (χ2n) is 6.27. The fourth-order valence-corrected chi connectivity index (χ4v) is 3.90. The maximum atomic E-state index is 10.9. The van der Waals surface area contributed by atoms with Crippen LogP contribution in [-0.2, 0) is 17.6 Å². The van der Waals surface area contributed by atoms with E-state index < -0.39 is 5.97 Å². The maximum absolute atomic E-state index is 10.9. The smallest absolute Gasteiger partial charge is 0.303 e. The number of hydrogen-bond donors (Lipinski definition) is 3. The molecule has 1 unspecified atom stereocenters. The molecule has 0 saturated carbocycles. The number of nitrogens with zero attached hydrogens (tertiary/aromatic N) is 2. The Morgan fingerprint density at radius 3 is 2.88 bits per heavy atom. The van der Waals surface area contributed by atoms with E-state index in [-0.39, 0.29) is 12.3 Å². The Bertz CT molecular complexity index is 871. The molecule has 2 aromatic rings. The Hall–Kier alpha value is -2.80. The molecule has 3 rings (SSSR count). The number of rotatable bonds is 7. The van der Waals surface area contributed by atoms with Gasteiger partial charge in [0.25, 0.3) is 0 Å². The highest BCUT2D eigenvalue weighted by Gasteiger charge is 2.20. The van der Waals surface area contributed by atoms with Gasteiger partial charge in [0.05, 0.1) is 12.1 Å². The van der Waals surface area contributed by atoms with E-state index in [0.717, 1.165) is 16.1 Å². The van der Waals surface area contributed by atoms with Crippen LogP contribution in [0.5, 0.6) is 0 Å². The fraction of sp³-hybridized carbons (Fsp3) is 0.263. The number of hydrogen-bond acceptors (Lipinski definition) is 5. The Kier molecular flexibility index (Phi) is 5.58. The van der Waals surface area contributed by atoms with Gasteiger partial charge in [-0.1, -0.05) is 47.7 Å². The third-order valence-electron chi connectivity index (χ3n) is 4.02. The lowest BCUT2D eigenvalue weighted by Gasteiger charge is -2.12. The summed E-state index contributed by atoms with van der Waals surface area (Å²) in [6, 6.07) is 9.81. The van der Waals surface area contributed by atoms with Gasteiger partial charge in [-0.2, -0.15) is 0 Å². The first-order chi connectivity index (χ1) is 12.5. The van der Waals surface area contributed by atoms with Gasteiger partial charge in [0.1, 0.15) is 5.84 Å². The summed E-state index contributed by atoms with van der Waals surface area (Å²) >= 11 is 1.43. The molecule has 134 valence electrons. The van der Waals surface area contributed by atoms with Crippen LogP contribution in [0.3, 0.4) is 0 Å². The van der Waals surface area contributed by atoms with Gasteiger partial charge in [0.2, 0.25) is 5.13 Å². The van der Waals surface area contributed by atoms with E-state index in [1.165, 1.54) is 11.3 Å². The van der Waals surface area contributed by atoms with Gasteiger partial charge in [0.15, 0.2) is 0 Å². The van der Waals surface area contributed by atoms with E-state index in [1.54, 1.807) is 0 Å². The first-order valence-electron chi connectivity index (χ1n) is 8.32. The second-order valence-corrected chi connectivity index (χ2v) is 7.33. The van der Waals surface area contributed by atoms with Crippen LogP contribution >= 0.6 is 11.3 Å². The number of carbonyl (C=O) groups is 1. The minimum atomic E-state index is -0.799. The van der Waals surface area contributed by atoms with Crippen molar-refractivity contribution in [2.45, 2.75) is 25.7 Å². The van der Waals surface area contributed by atoms with Crippen LogP contribution in [0.15, 0.2) is 41.4 Å². The lowest BCUT2D eigenvalue weighted by Crippen LogP contribution is -2.17. The molecule has 26 heavy (non-hydrogen) atoms. The summed E-state index contributed by atoms with van der Waals surface area (Å²) in [7, 11) is 0. The third-order valence-corrected chi connectivity index (χ3v) is 5.01. The number of aliphatic carboxylic acids is 1. The van der Waals surface area contributed by atoms with Crippen LogP contribution in [0, 0.1) is 11.3 Å². The quantitative estimate of drug-likeness (QED) is 0.513. The largest absolute Gasteiger partial charge is 0.481 e. The van der Waals surface area contributed by atoms with Crippen LogP contribution in [0.4, 0.5) is 5.13 Å². The zero-order valence-corrected chi connectivity index (χ0v) is 15.0. The number of benzene rings is 1. The highest BCUT2D eigenvalue weighted by atomic mass is 32.1. The van der Waals surface area contributed by atoms with Crippen molar-refractivity contribution in [3.05, 3.63) is 52.5 Å². The third kappa shape index (κ3) is 4.86. The average Bonchev–Trinajstić information content (AvgIpc) is 2.96. The van der Waals surface area contributed by atoms with Crippen LogP contribution in [0.25, 0.3) is 6.08 Å². The van der Waals surface area contributed by atoms with Gasteiger partial charge in [-0.3, -0.25) is 4.79 Å². The molecule has 0 aliphatic heterocycles. The number of aliphatic imine (C=N–C) groups is 1. The molecule has 1 aliphatic carbocycles. The van der Waals surface area contributed by atoms with Crippen LogP contribution in [0.2, 0.25) is 0 Å². The molecule has 7 heteroatoms. The monoisotopic (exact) mass is 368 g/mol. The summed E-state index contributed by atoms with van der Waals surface area (Å²) in [4.78, 5) is 20.7. The molecule has 0 saturated heterocycles. The van der Waals surface area contributed by atoms with Crippen molar-refractivity contribution in [3.8, 4) is 0 Å². The second kappa shape index (κ2) is 8.05. The molecule has 0 fully saturated rings.